The van der Waals surface area contributed by atoms with Crippen molar-refractivity contribution < 1.29 is 13.2 Å². The van der Waals surface area contributed by atoms with Gasteiger partial charge in [0.25, 0.3) is 0 Å². The lowest BCUT2D eigenvalue weighted by Gasteiger charge is -2.32. The fraction of sp³-hybridized carbons (Fsp3) is 0.600. The first-order chi connectivity index (χ1) is 8.50. The second-order valence-corrected chi connectivity index (χ2v) is 6.52. The van der Waals surface area contributed by atoms with Crippen molar-refractivity contribution in [3.63, 3.8) is 0 Å². The molecule has 2 unspecified atom stereocenters. The van der Waals surface area contributed by atoms with Crippen LogP contribution in [0.3, 0.4) is 0 Å². The number of fused-ring (bicyclic) bond motifs is 2. The van der Waals surface area contributed by atoms with E-state index in [1.165, 1.54) is 21.4 Å². The van der Waals surface area contributed by atoms with Gasteiger partial charge in [-0.05, 0) is 12.8 Å². The van der Waals surface area contributed by atoms with Crippen LogP contribution < -0.4 is 5.32 Å². The zero-order valence-corrected chi connectivity index (χ0v) is 10.7. The summed E-state index contributed by atoms with van der Waals surface area (Å²) < 4.78 is 27.8. The highest BCUT2D eigenvalue weighted by atomic mass is 32.2. The van der Waals surface area contributed by atoms with Crippen molar-refractivity contribution in [1.29, 1.82) is 0 Å². The second-order valence-electron chi connectivity index (χ2n) is 4.68. The number of sulfonamides is 1. The van der Waals surface area contributed by atoms with Crippen LogP contribution >= 0.6 is 0 Å². The van der Waals surface area contributed by atoms with E-state index in [1.807, 2.05) is 0 Å². The number of nitrogens with zero attached hydrogens (tertiary/aromatic N) is 3. The average molecular weight is 270 g/mol. The molecule has 3 heterocycles. The number of aromatic nitrogens is 2. The number of amides is 1. The molecule has 0 radical (unpaired) electrons. The summed E-state index contributed by atoms with van der Waals surface area (Å²) in [5.74, 6) is -0.198. The van der Waals surface area contributed by atoms with Gasteiger partial charge in [0, 0.05) is 25.8 Å². The van der Waals surface area contributed by atoms with E-state index in [2.05, 4.69) is 10.4 Å². The first-order valence-electron chi connectivity index (χ1n) is 5.80. The molecule has 0 saturated carbocycles. The zero-order valence-electron chi connectivity index (χ0n) is 9.91. The van der Waals surface area contributed by atoms with Crippen molar-refractivity contribution in [3.8, 4) is 0 Å². The van der Waals surface area contributed by atoms with E-state index in [-0.39, 0.29) is 16.8 Å². The van der Waals surface area contributed by atoms with Gasteiger partial charge in [0.15, 0.2) is 0 Å². The molecule has 0 aromatic carbocycles. The molecule has 7 nitrogen and oxygen atoms in total. The lowest BCUT2D eigenvalue weighted by atomic mass is 10.2. The highest BCUT2D eigenvalue weighted by Crippen LogP contribution is 2.32. The summed E-state index contributed by atoms with van der Waals surface area (Å²) in [6, 6.07) is -0.688. The van der Waals surface area contributed by atoms with Gasteiger partial charge in [-0.1, -0.05) is 0 Å². The van der Waals surface area contributed by atoms with Gasteiger partial charge < -0.3 is 5.32 Å². The molecule has 0 aliphatic carbocycles. The van der Waals surface area contributed by atoms with Gasteiger partial charge in [0.1, 0.15) is 10.9 Å². The molecule has 2 atom stereocenters. The Balaban J connectivity index is 2.02. The normalized spacial score (nSPS) is 28.4. The standard InChI is InChI=1S/C10H14N4O3S/c1-13-6-8(5-12-13)18(16,17)14-7-2-3-9(14)10(15)11-4-7/h5-7,9H,2-4H2,1H3,(H,11,15). The van der Waals surface area contributed by atoms with Crippen molar-refractivity contribution in [2.24, 2.45) is 7.05 Å². The number of piperazine rings is 1. The summed E-state index contributed by atoms with van der Waals surface area (Å²) in [7, 11) is -1.96. The van der Waals surface area contributed by atoms with Crippen LogP contribution in [0.25, 0.3) is 0 Å². The molecule has 1 amide bonds. The SMILES string of the molecule is Cn1cc(S(=O)(=O)N2C3CCC2C(=O)NC3)cn1. The molecule has 8 heteroatoms. The van der Waals surface area contributed by atoms with Crippen LogP contribution in [-0.4, -0.2) is 47.0 Å². The average Bonchev–Trinajstić information content (AvgIpc) is 2.88. The molecule has 2 saturated heterocycles. The predicted molar refractivity (Wildman–Crippen MR) is 62.1 cm³/mol. The quantitative estimate of drug-likeness (QED) is 0.752. The van der Waals surface area contributed by atoms with Gasteiger partial charge >= 0.3 is 0 Å². The maximum absolute atomic E-state index is 12.5. The van der Waals surface area contributed by atoms with Gasteiger partial charge in [0.2, 0.25) is 15.9 Å². The van der Waals surface area contributed by atoms with E-state index in [1.54, 1.807) is 7.05 Å². The fourth-order valence-corrected chi connectivity index (χ4v) is 4.47. The van der Waals surface area contributed by atoms with Crippen LogP contribution in [0, 0.1) is 0 Å². The number of aryl methyl sites for hydroxylation is 1. The maximum atomic E-state index is 12.5. The molecule has 2 bridgehead atoms. The molecular formula is C10H14N4O3S. The Morgan fingerprint density at radius 2 is 2.22 bits per heavy atom. The molecular weight excluding hydrogens is 256 g/mol. The van der Waals surface area contributed by atoms with E-state index in [4.69, 9.17) is 0 Å². The largest absolute Gasteiger partial charge is 0.353 e. The molecule has 3 rings (SSSR count). The third-order valence-electron chi connectivity index (χ3n) is 3.51. The molecule has 18 heavy (non-hydrogen) atoms. The Kier molecular flexibility index (Phi) is 2.46. The Morgan fingerprint density at radius 1 is 1.44 bits per heavy atom. The number of nitrogens with one attached hydrogen (secondary N) is 1. The molecule has 0 spiro atoms. The third kappa shape index (κ3) is 1.56. The smallest absolute Gasteiger partial charge is 0.247 e. The van der Waals surface area contributed by atoms with Crippen molar-refractivity contribution in [2.75, 3.05) is 6.54 Å². The number of rotatable bonds is 2. The molecule has 1 N–H and O–H groups in total. The van der Waals surface area contributed by atoms with Crippen LogP contribution in [0.5, 0.6) is 0 Å². The fourth-order valence-electron chi connectivity index (χ4n) is 2.65. The van der Waals surface area contributed by atoms with E-state index in [0.29, 0.717) is 13.0 Å². The van der Waals surface area contributed by atoms with Crippen molar-refractivity contribution in [3.05, 3.63) is 12.4 Å². The minimum atomic E-state index is -3.62. The van der Waals surface area contributed by atoms with Crippen molar-refractivity contribution in [1.82, 2.24) is 19.4 Å². The van der Waals surface area contributed by atoms with E-state index < -0.39 is 16.1 Å². The summed E-state index contributed by atoms with van der Waals surface area (Å²) in [5, 5.41) is 6.61. The van der Waals surface area contributed by atoms with E-state index in [9.17, 15) is 13.2 Å². The molecule has 1 aromatic heterocycles. The predicted octanol–water partition coefficient (Wildman–Crippen LogP) is -0.928. The number of carbonyl (C=O) groups excluding carboxylic acids is 1. The minimum Gasteiger partial charge on any atom is -0.353 e. The Morgan fingerprint density at radius 3 is 2.89 bits per heavy atom. The van der Waals surface area contributed by atoms with E-state index in [0.717, 1.165) is 6.42 Å². The molecule has 2 fully saturated rings. The Hall–Kier alpha value is -1.41. The summed E-state index contributed by atoms with van der Waals surface area (Å²) in [5.41, 5.74) is 0. The zero-order chi connectivity index (χ0) is 12.9. The number of hydrogen-bond acceptors (Lipinski definition) is 4. The van der Waals surface area contributed by atoms with Crippen LogP contribution in [0.2, 0.25) is 0 Å². The number of carbonyl (C=O) groups is 1. The monoisotopic (exact) mass is 270 g/mol. The highest BCUT2D eigenvalue weighted by molar-refractivity contribution is 7.89. The van der Waals surface area contributed by atoms with Crippen LogP contribution in [-0.2, 0) is 21.9 Å². The summed E-state index contributed by atoms with van der Waals surface area (Å²) >= 11 is 0. The van der Waals surface area contributed by atoms with E-state index >= 15 is 0 Å². The van der Waals surface area contributed by atoms with Gasteiger partial charge in [-0.2, -0.15) is 9.40 Å². The van der Waals surface area contributed by atoms with Crippen LogP contribution in [0.1, 0.15) is 12.8 Å². The molecule has 1 aromatic rings. The maximum Gasteiger partial charge on any atom is 0.247 e. The topological polar surface area (TPSA) is 84.3 Å². The van der Waals surface area contributed by atoms with Crippen LogP contribution in [0.15, 0.2) is 17.3 Å². The second kappa shape index (κ2) is 3.79. The minimum absolute atomic E-state index is 0.127. The molecule has 2 aliphatic heterocycles. The lowest BCUT2D eigenvalue weighted by molar-refractivity contribution is -0.126. The lowest BCUT2D eigenvalue weighted by Crippen LogP contribution is -2.57. The van der Waals surface area contributed by atoms with Crippen molar-refractivity contribution in [2.45, 2.75) is 29.8 Å². The molecule has 98 valence electrons. The first kappa shape index (κ1) is 11.7. The van der Waals surface area contributed by atoms with Crippen molar-refractivity contribution >= 4 is 15.9 Å². The third-order valence-corrected chi connectivity index (χ3v) is 5.43. The molecule has 2 aliphatic rings. The van der Waals surface area contributed by atoms with Gasteiger partial charge in [0.05, 0.1) is 6.20 Å². The summed E-state index contributed by atoms with van der Waals surface area (Å²) in [6.07, 6.45) is 4.10. The van der Waals surface area contributed by atoms with Gasteiger partial charge in [-0.3, -0.25) is 9.48 Å². The van der Waals surface area contributed by atoms with Gasteiger partial charge in [-0.15, -0.1) is 0 Å². The number of hydrogen-bond donors (Lipinski definition) is 1. The first-order valence-corrected chi connectivity index (χ1v) is 7.24. The highest BCUT2D eigenvalue weighted by Gasteiger charge is 2.48. The Labute approximate surface area is 105 Å². The van der Waals surface area contributed by atoms with Crippen LogP contribution in [0.4, 0.5) is 0 Å². The summed E-state index contributed by atoms with van der Waals surface area (Å²) in [4.78, 5) is 11.9. The summed E-state index contributed by atoms with van der Waals surface area (Å²) in [6.45, 7) is 0.398. The Bertz CT molecular complexity index is 594. The van der Waals surface area contributed by atoms with Gasteiger partial charge in [-0.25, -0.2) is 8.42 Å².